The van der Waals surface area contributed by atoms with E-state index in [-0.39, 0.29) is 41.9 Å². The number of nitrogens with zero attached hydrogens (tertiary/aromatic N) is 1. The fourth-order valence-electron chi connectivity index (χ4n) is 2.91. The molecule has 0 N–H and O–H groups in total. The first-order chi connectivity index (χ1) is 12.5. The molecule has 0 aromatic heterocycles. The van der Waals surface area contributed by atoms with Crippen LogP contribution in [0.1, 0.15) is 16.7 Å². The molecule has 27 heavy (non-hydrogen) atoms. The number of hydrogen-bond donors (Lipinski definition) is 0. The van der Waals surface area contributed by atoms with Crippen molar-refractivity contribution in [3.8, 4) is 5.75 Å². The first-order valence-electron chi connectivity index (χ1n) is 8.50. The summed E-state index contributed by atoms with van der Waals surface area (Å²) in [5.74, 6) is -0.612. The minimum atomic E-state index is -2.33. The summed E-state index contributed by atoms with van der Waals surface area (Å²) < 4.78 is 30.4. The van der Waals surface area contributed by atoms with Gasteiger partial charge in [0.05, 0.1) is 0 Å². The molecule has 0 unspecified atom stereocenters. The molecular formula is C20H20F2NNaO3. The average molecular weight is 383 g/mol. The van der Waals surface area contributed by atoms with E-state index in [1.165, 1.54) is 0 Å². The number of aliphatic carboxylic acids is 1. The van der Waals surface area contributed by atoms with E-state index in [1.807, 2.05) is 24.3 Å². The zero-order valence-electron chi connectivity index (χ0n) is 15.2. The number of ether oxygens (including phenoxy) is 1. The van der Waals surface area contributed by atoms with Crippen LogP contribution >= 0.6 is 0 Å². The topological polar surface area (TPSA) is 52.6 Å². The Morgan fingerprint density at radius 2 is 1.59 bits per heavy atom. The Balaban J connectivity index is 0.00000261. The van der Waals surface area contributed by atoms with Crippen molar-refractivity contribution < 1.29 is 53.0 Å². The third-order valence-electron chi connectivity index (χ3n) is 4.44. The van der Waals surface area contributed by atoms with Gasteiger partial charge in [0.15, 0.2) is 0 Å². The van der Waals surface area contributed by atoms with Gasteiger partial charge < -0.3 is 14.6 Å². The van der Waals surface area contributed by atoms with Gasteiger partial charge in [0.25, 0.3) is 0 Å². The monoisotopic (exact) mass is 383 g/mol. The number of carboxylic acid groups (broad SMARTS) is 1. The number of carbonyl (C=O) groups excluding carboxylic acids is 1. The third kappa shape index (κ3) is 6.57. The largest absolute Gasteiger partial charge is 1.00 e. The van der Waals surface area contributed by atoms with E-state index in [2.05, 4.69) is 4.90 Å². The molecule has 4 nitrogen and oxygen atoms in total. The summed E-state index contributed by atoms with van der Waals surface area (Å²) in [4.78, 5) is 12.7. The maximum atomic E-state index is 12.3. The Morgan fingerprint density at radius 1 is 1.04 bits per heavy atom. The second-order valence-electron chi connectivity index (χ2n) is 6.55. The normalized spacial score (nSPS) is 14.5. The molecule has 3 rings (SSSR count). The van der Waals surface area contributed by atoms with Crippen LogP contribution in [0.2, 0.25) is 0 Å². The SMILES string of the molecule is O=C([O-])C1CN(Cc2ccc(OCc3ccc(CC(F)F)cc3)cc2)C1.[Na+]. The van der Waals surface area contributed by atoms with Gasteiger partial charge in [0.2, 0.25) is 6.43 Å². The maximum absolute atomic E-state index is 12.3. The van der Waals surface area contributed by atoms with Crippen molar-refractivity contribution in [1.82, 2.24) is 4.90 Å². The average Bonchev–Trinajstić information content (AvgIpc) is 2.57. The molecule has 2 aromatic rings. The van der Waals surface area contributed by atoms with Crippen LogP contribution in [0.4, 0.5) is 8.78 Å². The molecule has 1 saturated heterocycles. The number of likely N-dealkylation sites (tertiary alicyclic amines) is 1. The Morgan fingerprint density at radius 3 is 2.15 bits per heavy atom. The van der Waals surface area contributed by atoms with E-state index in [1.54, 1.807) is 24.3 Å². The quantitative estimate of drug-likeness (QED) is 0.564. The van der Waals surface area contributed by atoms with Crippen molar-refractivity contribution in [3.63, 3.8) is 0 Å². The molecular weight excluding hydrogens is 363 g/mol. The van der Waals surface area contributed by atoms with Gasteiger partial charge in [0.1, 0.15) is 12.4 Å². The van der Waals surface area contributed by atoms with E-state index in [9.17, 15) is 18.7 Å². The van der Waals surface area contributed by atoms with Gasteiger partial charge in [-0.25, -0.2) is 8.78 Å². The molecule has 2 aromatic carbocycles. The van der Waals surface area contributed by atoms with Gasteiger partial charge in [-0.2, -0.15) is 0 Å². The molecule has 1 aliphatic rings. The van der Waals surface area contributed by atoms with Crippen LogP contribution < -0.4 is 39.4 Å². The van der Waals surface area contributed by atoms with Crippen LogP contribution in [0.25, 0.3) is 0 Å². The summed E-state index contributed by atoms with van der Waals surface area (Å²) in [6.45, 7) is 2.13. The van der Waals surface area contributed by atoms with Gasteiger partial charge in [-0.05, 0) is 28.8 Å². The van der Waals surface area contributed by atoms with Crippen LogP contribution in [0.3, 0.4) is 0 Å². The van der Waals surface area contributed by atoms with E-state index in [0.29, 0.717) is 31.8 Å². The van der Waals surface area contributed by atoms with Gasteiger partial charge >= 0.3 is 29.6 Å². The van der Waals surface area contributed by atoms with Crippen molar-refractivity contribution in [3.05, 3.63) is 65.2 Å². The van der Waals surface area contributed by atoms with Crippen LogP contribution in [0.5, 0.6) is 5.75 Å². The Labute approximate surface area is 179 Å². The zero-order chi connectivity index (χ0) is 18.5. The number of rotatable bonds is 8. The van der Waals surface area contributed by atoms with Crippen molar-refractivity contribution in [2.45, 2.75) is 26.0 Å². The zero-order valence-corrected chi connectivity index (χ0v) is 17.2. The predicted octanol–water partition coefficient (Wildman–Crippen LogP) is -0.741. The minimum absolute atomic E-state index is 0. The van der Waals surface area contributed by atoms with Crippen LogP contribution in [0.15, 0.2) is 48.5 Å². The smallest absolute Gasteiger partial charge is 0.550 e. The number of carbonyl (C=O) groups is 1. The number of benzene rings is 2. The van der Waals surface area contributed by atoms with Gasteiger partial charge in [-0.15, -0.1) is 0 Å². The van der Waals surface area contributed by atoms with Gasteiger partial charge in [-0.3, -0.25) is 4.90 Å². The molecule has 0 saturated carbocycles. The standard InChI is InChI=1S/C20H21F2NO3.Na/c21-19(22)9-14-1-3-16(4-2-14)13-26-18-7-5-15(6-8-18)10-23-11-17(12-23)20(24)25;/h1-8,17,19H,9-13H2,(H,24,25);/q;+1/p-1. The Kier molecular flexibility index (Phi) is 8.23. The molecule has 0 spiro atoms. The molecule has 138 valence electrons. The summed E-state index contributed by atoms with van der Waals surface area (Å²) in [7, 11) is 0. The molecule has 0 aliphatic carbocycles. The molecule has 0 radical (unpaired) electrons. The summed E-state index contributed by atoms with van der Waals surface area (Å²) in [5, 5.41) is 10.7. The molecule has 0 atom stereocenters. The molecule has 1 fully saturated rings. The summed E-state index contributed by atoms with van der Waals surface area (Å²) in [5.41, 5.74) is 2.62. The second-order valence-corrected chi connectivity index (χ2v) is 6.55. The van der Waals surface area contributed by atoms with E-state index < -0.39 is 12.4 Å². The number of halogens is 2. The van der Waals surface area contributed by atoms with Gasteiger partial charge in [-0.1, -0.05) is 36.4 Å². The molecule has 0 amide bonds. The Bertz CT molecular complexity index is 732. The first-order valence-corrected chi connectivity index (χ1v) is 8.50. The fraction of sp³-hybridized carbons (Fsp3) is 0.350. The number of alkyl halides is 2. The fourth-order valence-corrected chi connectivity index (χ4v) is 2.91. The van der Waals surface area contributed by atoms with Gasteiger partial charge in [0, 0.05) is 37.9 Å². The van der Waals surface area contributed by atoms with Crippen LogP contribution in [0, 0.1) is 5.92 Å². The summed E-state index contributed by atoms with van der Waals surface area (Å²) in [6, 6.07) is 14.6. The van der Waals surface area contributed by atoms with E-state index in [4.69, 9.17) is 4.74 Å². The Hall–Kier alpha value is -1.47. The molecule has 7 heteroatoms. The van der Waals surface area contributed by atoms with Crippen LogP contribution in [-0.2, 0) is 24.4 Å². The third-order valence-corrected chi connectivity index (χ3v) is 4.44. The second kappa shape index (κ2) is 10.2. The van der Waals surface area contributed by atoms with Crippen molar-refractivity contribution >= 4 is 5.97 Å². The van der Waals surface area contributed by atoms with Crippen molar-refractivity contribution in [1.29, 1.82) is 0 Å². The van der Waals surface area contributed by atoms with E-state index >= 15 is 0 Å². The predicted molar refractivity (Wildman–Crippen MR) is 90.7 cm³/mol. The summed E-state index contributed by atoms with van der Waals surface area (Å²) in [6.07, 6.45) is -2.57. The number of hydrogen-bond acceptors (Lipinski definition) is 4. The molecule has 1 heterocycles. The number of carboxylic acids is 1. The molecule has 0 bridgehead atoms. The van der Waals surface area contributed by atoms with E-state index in [0.717, 1.165) is 16.9 Å². The summed E-state index contributed by atoms with van der Waals surface area (Å²) >= 11 is 0. The van der Waals surface area contributed by atoms with Crippen molar-refractivity contribution in [2.24, 2.45) is 5.92 Å². The van der Waals surface area contributed by atoms with Crippen molar-refractivity contribution in [2.75, 3.05) is 13.1 Å². The maximum Gasteiger partial charge on any atom is 1.00 e. The minimum Gasteiger partial charge on any atom is -0.550 e. The van der Waals surface area contributed by atoms with Crippen LogP contribution in [-0.4, -0.2) is 30.4 Å². The first kappa shape index (κ1) is 21.8. The molecule has 1 aliphatic heterocycles.